The second kappa shape index (κ2) is 5.64. The lowest BCUT2D eigenvalue weighted by molar-refractivity contribution is 0.566. The van der Waals surface area contributed by atoms with Gasteiger partial charge in [-0.3, -0.25) is 5.84 Å². The van der Waals surface area contributed by atoms with Gasteiger partial charge in [-0.1, -0.05) is 15.9 Å². The molecule has 0 aliphatic carbocycles. The lowest BCUT2D eigenvalue weighted by Gasteiger charge is -2.19. The van der Waals surface area contributed by atoms with E-state index in [0.29, 0.717) is 16.8 Å². The van der Waals surface area contributed by atoms with Gasteiger partial charge in [-0.05, 0) is 41.5 Å². The van der Waals surface area contributed by atoms with Gasteiger partial charge in [0, 0.05) is 16.2 Å². The number of hydrogen-bond donors (Lipinski definition) is 3. The number of rotatable bonds is 3. The van der Waals surface area contributed by atoms with Gasteiger partial charge in [0.2, 0.25) is 0 Å². The summed E-state index contributed by atoms with van der Waals surface area (Å²) in [5.74, 6) is 4.16. The Morgan fingerprint density at radius 3 is 2.26 bits per heavy atom. The van der Waals surface area contributed by atoms with Gasteiger partial charge in [0.25, 0.3) is 0 Å². The minimum absolute atomic E-state index is 0.366. The van der Waals surface area contributed by atoms with Gasteiger partial charge in [0.15, 0.2) is 0 Å². The van der Waals surface area contributed by atoms with Crippen LogP contribution in [0.25, 0.3) is 0 Å². The second-order valence-corrected chi connectivity index (χ2v) is 4.99. The molecule has 0 bridgehead atoms. The largest absolute Gasteiger partial charge is 0.398 e. The van der Waals surface area contributed by atoms with Crippen molar-refractivity contribution in [3.8, 4) is 0 Å². The summed E-state index contributed by atoms with van der Waals surface area (Å²) in [5, 5.41) is 0. The SMILES string of the molecule is NNC(c1cc(F)cc(F)c1)c1cc(Br)ccc1N. The molecule has 0 radical (unpaired) electrons. The predicted octanol–water partition coefficient (Wildman–Crippen LogP) is 2.86. The Hall–Kier alpha value is -1.50. The lowest BCUT2D eigenvalue weighted by atomic mass is 9.97. The van der Waals surface area contributed by atoms with Crippen LogP contribution in [0.5, 0.6) is 0 Å². The van der Waals surface area contributed by atoms with Crippen molar-refractivity contribution in [2.45, 2.75) is 6.04 Å². The normalized spacial score (nSPS) is 12.4. The maximum atomic E-state index is 13.3. The maximum absolute atomic E-state index is 13.3. The van der Waals surface area contributed by atoms with Crippen LogP contribution in [0.3, 0.4) is 0 Å². The third-order valence-electron chi connectivity index (χ3n) is 2.74. The summed E-state index contributed by atoms with van der Waals surface area (Å²) in [5.41, 5.74) is 9.89. The zero-order valence-corrected chi connectivity index (χ0v) is 11.4. The first-order valence-corrected chi connectivity index (χ1v) is 6.27. The van der Waals surface area contributed by atoms with Gasteiger partial charge >= 0.3 is 0 Å². The average molecular weight is 328 g/mol. The Kier molecular flexibility index (Phi) is 4.14. The highest BCUT2D eigenvalue weighted by atomic mass is 79.9. The minimum atomic E-state index is -0.663. The summed E-state index contributed by atoms with van der Waals surface area (Å²) in [6.45, 7) is 0. The topological polar surface area (TPSA) is 64.1 Å². The molecule has 0 aliphatic heterocycles. The predicted molar refractivity (Wildman–Crippen MR) is 74.1 cm³/mol. The molecular formula is C13H12BrF2N3. The van der Waals surface area contributed by atoms with Crippen molar-refractivity contribution in [1.29, 1.82) is 0 Å². The van der Waals surface area contributed by atoms with E-state index in [-0.39, 0.29) is 0 Å². The summed E-state index contributed by atoms with van der Waals surface area (Å²) < 4.78 is 27.3. The van der Waals surface area contributed by atoms with Gasteiger partial charge in [0.1, 0.15) is 11.6 Å². The van der Waals surface area contributed by atoms with Crippen molar-refractivity contribution in [3.63, 3.8) is 0 Å². The van der Waals surface area contributed by atoms with Crippen LogP contribution in [-0.4, -0.2) is 0 Å². The zero-order valence-electron chi connectivity index (χ0n) is 9.83. The van der Waals surface area contributed by atoms with E-state index in [2.05, 4.69) is 21.4 Å². The molecule has 0 saturated carbocycles. The van der Waals surface area contributed by atoms with E-state index in [1.807, 2.05) is 0 Å². The van der Waals surface area contributed by atoms with E-state index in [1.54, 1.807) is 18.2 Å². The maximum Gasteiger partial charge on any atom is 0.126 e. The van der Waals surface area contributed by atoms with Gasteiger partial charge in [-0.2, -0.15) is 0 Å². The van der Waals surface area contributed by atoms with E-state index in [1.165, 1.54) is 12.1 Å². The van der Waals surface area contributed by atoms with Crippen LogP contribution in [0.15, 0.2) is 40.9 Å². The molecule has 0 aliphatic rings. The van der Waals surface area contributed by atoms with E-state index in [4.69, 9.17) is 11.6 Å². The van der Waals surface area contributed by atoms with Crippen LogP contribution in [0, 0.1) is 11.6 Å². The first-order chi connectivity index (χ1) is 9.01. The molecule has 19 heavy (non-hydrogen) atoms. The summed E-state index contributed by atoms with van der Waals surface area (Å²) in [6.07, 6.45) is 0. The Morgan fingerprint density at radius 2 is 1.68 bits per heavy atom. The van der Waals surface area contributed by atoms with Crippen LogP contribution in [0.2, 0.25) is 0 Å². The first kappa shape index (κ1) is 13.9. The third-order valence-corrected chi connectivity index (χ3v) is 3.24. The molecule has 0 amide bonds. The fraction of sp³-hybridized carbons (Fsp3) is 0.0769. The van der Waals surface area contributed by atoms with Crippen molar-refractivity contribution in [3.05, 3.63) is 63.6 Å². The third kappa shape index (κ3) is 3.09. The fourth-order valence-corrected chi connectivity index (χ4v) is 2.28. The van der Waals surface area contributed by atoms with Gasteiger partial charge in [0.05, 0.1) is 6.04 Å². The van der Waals surface area contributed by atoms with Crippen molar-refractivity contribution in [2.75, 3.05) is 5.73 Å². The van der Waals surface area contributed by atoms with Crippen LogP contribution in [-0.2, 0) is 0 Å². The van der Waals surface area contributed by atoms with Crippen LogP contribution in [0.4, 0.5) is 14.5 Å². The van der Waals surface area contributed by atoms with Gasteiger partial charge < -0.3 is 5.73 Å². The van der Waals surface area contributed by atoms with E-state index in [0.717, 1.165) is 10.5 Å². The Bertz CT molecular complexity index is 584. The zero-order chi connectivity index (χ0) is 14.0. The van der Waals surface area contributed by atoms with Gasteiger partial charge in [-0.15, -0.1) is 0 Å². The standard InChI is InChI=1S/C13H12BrF2N3/c14-8-1-2-12(17)11(5-8)13(19-18)7-3-9(15)6-10(16)4-7/h1-6,13,19H,17-18H2. The molecule has 0 fully saturated rings. The number of nitrogens with two attached hydrogens (primary N) is 2. The molecule has 100 valence electrons. The first-order valence-electron chi connectivity index (χ1n) is 5.48. The number of nitrogen functional groups attached to an aromatic ring is 1. The molecule has 2 rings (SSSR count). The molecule has 6 heteroatoms. The molecular weight excluding hydrogens is 316 g/mol. The summed E-state index contributed by atoms with van der Waals surface area (Å²) in [6, 6.07) is 7.87. The number of nitrogens with one attached hydrogen (secondary N) is 1. The number of hydrogen-bond acceptors (Lipinski definition) is 3. The minimum Gasteiger partial charge on any atom is -0.398 e. The van der Waals surface area contributed by atoms with Crippen molar-refractivity contribution < 1.29 is 8.78 Å². The van der Waals surface area contributed by atoms with Crippen molar-refractivity contribution in [2.24, 2.45) is 5.84 Å². The quantitative estimate of drug-likeness (QED) is 0.461. The van der Waals surface area contributed by atoms with Crippen molar-refractivity contribution in [1.82, 2.24) is 5.43 Å². The van der Waals surface area contributed by atoms with Crippen LogP contribution in [0.1, 0.15) is 17.2 Å². The molecule has 1 unspecified atom stereocenters. The van der Waals surface area contributed by atoms with E-state index >= 15 is 0 Å². The lowest BCUT2D eigenvalue weighted by Crippen LogP contribution is -2.29. The summed E-state index contributed by atoms with van der Waals surface area (Å²) in [7, 11) is 0. The monoisotopic (exact) mass is 327 g/mol. The smallest absolute Gasteiger partial charge is 0.126 e. The Labute approximate surface area is 117 Å². The molecule has 0 heterocycles. The van der Waals surface area contributed by atoms with Crippen molar-refractivity contribution >= 4 is 21.6 Å². The highest BCUT2D eigenvalue weighted by Crippen LogP contribution is 2.29. The molecule has 2 aromatic carbocycles. The number of benzene rings is 2. The molecule has 0 spiro atoms. The summed E-state index contributed by atoms with van der Waals surface area (Å²) in [4.78, 5) is 0. The second-order valence-electron chi connectivity index (χ2n) is 4.08. The molecule has 3 nitrogen and oxygen atoms in total. The molecule has 2 aromatic rings. The molecule has 0 aromatic heterocycles. The molecule has 0 saturated heterocycles. The Balaban J connectivity index is 2.52. The Morgan fingerprint density at radius 1 is 1.05 bits per heavy atom. The highest BCUT2D eigenvalue weighted by Gasteiger charge is 2.17. The number of hydrazine groups is 1. The van der Waals surface area contributed by atoms with Crippen LogP contribution >= 0.6 is 15.9 Å². The average Bonchev–Trinajstić information content (AvgIpc) is 2.33. The number of halogens is 3. The number of anilines is 1. The molecule has 1 atom stereocenters. The van der Waals surface area contributed by atoms with Crippen LogP contribution < -0.4 is 17.0 Å². The van der Waals surface area contributed by atoms with E-state index < -0.39 is 17.7 Å². The van der Waals surface area contributed by atoms with Gasteiger partial charge in [-0.25, -0.2) is 14.2 Å². The highest BCUT2D eigenvalue weighted by molar-refractivity contribution is 9.10. The molecule has 5 N–H and O–H groups in total. The summed E-state index contributed by atoms with van der Waals surface area (Å²) >= 11 is 3.32. The van der Waals surface area contributed by atoms with E-state index in [9.17, 15) is 8.78 Å². The fourth-order valence-electron chi connectivity index (χ4n) is 1.90.